The van der Waals surface area contributed by atoms with Crippen LogP contribution in [0, 0.1) is 0 Å². The molecule has 0 aromatic heterocycles. The van der Waals surface area contributed by atoms with Gasteiger partial charge in [0, 0.05) is 33.2 Å². The van der Waals surface area contributed by atoms with Crippen LogP contribution in [0.4, 0.5) is 0 Å². The zero-order valence-electron chi connectivity index (χ0n) is 11.2. The molecule has 0 amide bonds. The van der Waals surface area contributed by atoms with Gasteiger partial charge in [-0.2, -0.15) is 0 Å². The lowest BCUT2D eigenvalue weighted by molar-refractivity contribution is 0.545. The predicted octanol–water partition coefficient (Wildman–Crippen LogP) is 5.37. The van der Waals surface area contributed by atoms with Crippen molar-refractivity contribution in [2.45, 2.75) is 25.9 Å². The van der Waals surface area contributed by atoms with Crippen molar-refractivity contribution >= 4 is 34.8 Å². The van der Waals surface area contributed by atoms with E-state index in [1.54, 1.807) is 0 Å². The molecule has 0 heterocycles. The highest BCUT2D eigenvalue weighted by Gasteiger charge is 2.08. The smallest absolute Gasteiger partial charge is 0.0465 e. The first-order valence-electron chi connectivity index (χ1n) is 6.47. The molecule has 0 aliphatic carbocycles. The van der Waals surface area contributed by atoms with Gasteiger partial charge in [0.2, 0.25) is 0 Å². The third-order valence-corrected chi connectivity index (χ3v) is 4.10. The van der Waals surface area contributed by atoms with E-state index in [0.29, 0.717) is 22.6 Å². The van der Waals surface area contributed by atoms with Gasteiger partial charge in [-0.25, -0.2) is 0 Å². The number of rotatable bonds is 5. The van der Waals surface area contributed by atoms with E-state index < -0.39 is 0 Å². The average molecular weight is 329 g/mol. The Balaban J connectivity index is 1.92. The van der Waals surface area contributed by atoms with Crippen LogP contribution in [0.1, 0.15) is 18.1 Å². The molecule has 0 fully saturated rings. The molecule has 1 nitrogen and oxygen atoms in total. The molecule has 1 atom stereocenters. The summed E-state index contributed by atoms with van der Waals surface area (Å²) >= 11 is 18.2. The predicted molar refractivity (Wildman–Crippen MR) is 87.9 cm³/mol. The second-order valence-corrected chi connectivity index (χ2v) is 6.06. The first kappa shape index (κ1) is 15.7. The third kappa shape index (κ3) is 4.39. The normalized spacial score (nSPS) is 12.4. The van der Waals surface area contributed by atoms with E-state index in [0.717, 1.165) is 17.0 Å². The van der Waals surface area contributed by atoms with Crippen LogP contribution in [0.5, 0.6) is 0 Å². The first-order chi connectivity index (χ1) is 9.56. The number of hydrogen-bond acceptors (Lipinski definition) is 1. The van der Waals surface area contributed by atoms with Gasteiger partial charge >= 0.3 is 0 Å². The Hall–Kier alpha value is -0.730. The molecule has 0 radical (unpaired) electrons. The SMILES string of the molecule is CC(Cc1ccc(Cl)cc1)NCc1c(Cl)cccc1Cl. The summed E-state index contributed by atoms with van der Waals surface area (Å²) in [5.41, 5.74) is 2.19. The van der Waals surface area contributed by atoms with Crippen molar-refractivity contribution in [2.24, 2.45) is 0 Å². The van der Waals surface area contributed by atoms with E-state index in [2.05, 4.69) is 12.2 Å². The Morgan fingerprint density at radius 3 is 2.15 bits per heavy atom. The van der Waals surface area contributed by atoms with Crippen LogP contribution in [0.25, 0.3) is 0 Å². The van der Waals surface area contributed by atoms with Crippen molar-refractivity contribution in [1.29, 1.82) is 0 Å². The Morgan fingerprint density at radius 2 is 1.55 bits per heavy atom. The maximum Gasteiger partial charge on any atom is 0.0465 e. The van der Waals surface area contributed by atoms with Crippen molar-refractivity contribution < 1.29 is 0 Å². The molecule has 20 heavy (non-hydrogen) atoms. The molecule has 2 rings (SSSR count). The molecule has 1 unspecified atom stereocenters. The van der Waals surface area contributed by atoms with Crippen LogP contribution in [-0.4, -0.2) is 6.04 Å². The van der Waals surface area contributed by atoms with E-state index in [9.17, 15) is 0 Å². The van der Waals surface area contributed by atoms with E-state index in [1.807, 2.05) is 42.5 Å². The Kier molecular flexibility index (Phi) is 5.74. The number of benzene rings is 2. The van der Waals surface area contributed by atoms with Gasteiger partial charge in [0.05, 0.1) is 0 Å². The highest BCUT2D eigenvalue weighted by atomic mass is 35.5. The van der Waals surface area contributed by atoms with E-state index in [1.165, 1.54) is 5.56 Å². The Labute approximate surface area is 134 Å². The summed E-state index contributed by atoms with van der Waals surface area (Å²) < 4.78 is 0. The molecule has 0 saturated heterocycles. The number of nitrogens with one attached hydrogen (secondary N) is 1. The van der Waals surface area contributed by atoms with Gasteiger partial charge in [-0.05, 0) is 43.2 Å². The van der Waals surface area contributed by atoms with Crippen LogP contribution in [0.15, 0.2) is 42.5 Å². The highest BCUT2D eigenvalue weighted by molar-refractivity contribution is 6.36. The molecular weight excluding hydrogens is 313 g/mol. The summed E-state index contributed by atoms with van der Waals surface area (Å²) in [7, 11) is 0. The van der Waals surface area contributed by atoms with Crippen molar-refractivity contribution in [3.05, 3.63) is 68.7 Å². The van der Waals surface area contributed by atoms with Crippen LogP contribution in [0.3, 0.4) is 0 Å². The molecule has 0 bridgehead atoms. The summed E-state index contributed by atoms with van der Waals surface area (Å²) in [5, 5.41) is 5.60. The van der Waals surface area contributed by atoms with Crippen LogP contribution in [-0.2, 0) is 13.0 Å². The summed E-state index contributed by atoms with van der Waals surface area (Å²) in [6, 6.07) is 13.8. The maximum absolute atomic E-state index is 6.15. The van der Waals surface area contributed by atoms with E-state index in [4.69, 9.17) is 34.8 Å². The number of hydrogen-bond donors (Lipinski definition) is 1. The molecule has 1 N–H and O–H groups in total. The summed E-state index contributed by atoms with van der Waals surface area (Å²) in [6.07, 6.45) is 0.930. The van der Waals surface area contributed by atoms with Gasteiger partial charge < -0.3 is 5.32 Å². The lowest BCUT2D eigenvalue weighted by atomic mass is 10.1. The largest absolute Gasteiger partial charge is 0.310 e. The Morgan fingerprint density at radius 1 is 0.950 bits per heavy atom. The highest BCUT2D eigenvalue weighted by Crippen LogP contribution is 2.24. The minimum Gasteiger partial charge on any atom is -0.310 e. The summed E-state index contributed by atoms with van der Waals surface area (Å²) in [6.45, 7) is 2.80. The standard InChI is InChI=1S/C16H16Cl3N/c1-11(9-12-5-7-13(17)8-6-12)20-10-14-15(18)3-2-4-16(14)19/h2-8,11,20H,9-10H2,1H3. The lowest BCUT2D eigenvalue weighted by Crippen LogP contribution is -2.27. The maximum atomic E-state index is 6.15. The minimum atomic E-state index is 0.323. The fourth-order valence-corrected chi connectivity index (χ4v) is 2.68. The van der Waals surface area contributed by atoms with Gasteiger partial charge in [0.15, 0.2) is 0 Å². The molecular formula is C16H16Cl3N. The summed E-state index contributed by atoms with van der Waals surface area (Å²) in [4.78, 5) is 0. The molecule has 4 heteroatoms. The molecule has 0 saturated carbocycles. The first-order valence-corrected chi connectivity index (χ1v) is 7.60. The summed E-state index contributed by atoms with van der Waals surface area (Å²) in [5.74, 6) is 0. The van der Waals surface area contributed by atoms with Gasteiger partial charge in [0.25, 0.3) is 0 Å². The fraction of sp³-hybridized carbons (Fsp3) is 0.250. The van der Waals surface area contributed by atoms with Crippen LogP contribution in [0.2, 0.25) is 15.1 Å². The molecule has 0 aliphatic rings. The fourth-order valence-electron chi connectivity index (χ4n) is 2.02. The monoisotopic (exact) mass is 327 g/mol. The Bertz CT molecular complexity index is 546. The minimum absolute atomic E-state index is 0.323. The molecule has 2 aromatic rings. The zero-order chi connectivity index (χ0) is 14.5. The van der Waals surface area contributed by atoms with Crippen molar-refractivity contribution in [3.63, 3.8) is 0 Å². The lowest BCUT2D eigenvalue weighted by Gasteiger charge is -2.15. The topological polar surface area (TPSA) is 12.0 Å². The third-order valence-electron chi connectivity index (χ3n) is 3.14. The molecule has 0 spiro atoms. The van der Waals surface area contributed by atoms with Gasteiger partial charge in [0.1, 0.15) is 0 Å². The van der Waals surface area contributed by atoms with Gasteiger partial charge in [-0.1, -0.05) is 53.0 Å². The van der Waals surface area contributed by atoms with E-state index in [-0.39, 0.29) is 0 Å². The number of halogens is 3. The van der Waals surface area contributed by atoms with Crippen molar-refractivity contribution in [3.8, 4) is 0 Å². The van der Waals surface area contributed by atoms with Gasteiger partial charge in [-0.3, -0.25) is 0 Å². The second-order valence-electron chi connectivity index (χ2n) is 4.81. The average Bonchev–Trinajstić information content (AvgIpc) is 2.41. The molecule has 106 valence electrons. The van der Waals surface area contributed by atoms with Crippen LogP contribution < -0.4 is 5.32 Å². The molecule has 0 aliphatic heterocycles. The molecule has 2 aromatic carbocycles. The van der Waals surface area contributed by atoms with E-state index >= 15 is 0 Å². The van der Waals surface area contributed by atoms with Crippen molar-refractivity contribution in [2.75, 3.05) is 0 Å². The zero-order valence-corrected chi connectivity index (χ0v) is 13.4. The van der Waals surface area contributed by atoms with Gasteiger partial charge in [-0.15, -0.1) is 0 Å². The quantitative estimate of drug-likeness (QED) is 0.778. The van der Waals surface area contributed by atoms with Crippen LogP contribution >= 0.6 is 34.8 Å². The second kappa shape index (κ2) is 7.33. The van der Waals surface area contributed by atoms with Crippen molar-refractivity contribution in [1.82, 2.24) is 5.32 Å².